The first-order valence-corrected chi connectivity index (χ1v) is 8.66. The van der Waals surface area contributed by atoms with Crippen LogP contribution in [0.2, 0.25) is 0 Å². The van der Waals surface area contributed by atoms with Crippen LogP contribution in [0.3, 0.4) is 0 Å². The van der Waals surface area contributed by atoms with Crippen LogP contribution in [-0.2, 0) is 11.4 Å². The molecule has 0 aromatic heterocycles. The monoisotopic (exact) mass is 331 g/mol. The molecule has 2 aliphatic rings. The van der Waals surface area contributed by atoms with Gasteiger partial charge in [0.2, 0.25) is 5.91 Å². The SMILES string of the molecule is CCN1CCCC(N2CC(NC(=O)c3ccc(CO)cc3)C2)C1=O. The molecule has 1 unspecified atom stereocenters. The lowest BCUT2D eigenvalue weighted by molar-refractivity contribution is -0.142. The average molecular weight is 331 g/mol. The number of carbonyl (C=O) groups excluding carboxylic acids is 2. The van der Waals surface area contributed by atoms with E-state index in [0.717, 1.165) is 44.6 Å². The summed E-state index contributed by atoms with van der Waals surface area (Å²) in [6.07, 6.45) is 1.97. The quantitative estimate of drug-likeness (QED) is 0.829. The minimum absolute atomic E-state index is 0.0179. The first-order valence-electron chi connectivity index (χ1n) is 8.66. The summed E-state index contributed by atoms with van der Waals surface area (Å²) < 4.78 is 0. The molecule has 2 fully saturated rings. The van der Waals surface area contributed by atoms with Crippen molar-refractivity contribution in [1.82, 2.24) is 15.1 Å². The van der Waals surface area contributed by atoms with Crippen molar-refractivity contribution in [2.45, 2.75) is 38.5 Å². The number of likely N-dealkylation sites (tertiary alicyclic amines) is 2. The van der Waals surface area contributed by atoms with Gasteiger partial charge in [0.25, 0.3) is 5.91 Å². The summed E-state index contributed by atoms with van der Waals surface area (Å²) in [5, 5.41) is 12.0. The molecule has 130 valence electrons. The van der Waals surface area contributed by atoms with E-state index >= 15 is 0 Å². The maximum atomic E-state index is 12.4. The Hall–Kier alpha value is -1.92. The van der Waals surface area contributed by atoms with E-state index in [1.165, 1.54) is 0 Å². The molecule has 2 aliphatic heterocycles. The fraction of sp³-hybridized carbons (Fsp3) is 0.556. The van der Waals surface area contributed by atoms with E-state index in [4.69, 9.17) is 5.11 Å². The number of likely N-dealkylation sites (N-methyl/N-ethyl adjacent to an activating group) is 1. The van der Waals surface area contributed by atoms with Gasteiger partial charge in [-0.2, -0.15) is 0 Å². The number of amides is 2. The van der Waals surface area contributed by atoms with Crippen molar-refractivity contribution in [2.75, 3.05) is 26.2 Å². The summed E-state index contributed by atoms with van der Waals surface area (Å²) in [5.41, 5.74) is 1.38. The van der Waals surface area contributed by atoms with Crippen molar-refractivity contribution >= 4 is 11.8 Å². The number of nitrogens with one attached hydrogen (secondary N) is 1. The second-order valence-electron chi connectivity index (χ2n) is 6.56. The third-order valence-corrected chi connectivity index (χ3v) is 4.97. The van der Waals surface area contributed by atoms with Crippen LogP contribution in [0.25, 0.3) is 0 Å². The Balaban J connectivity index is 1.49. The Labute approximate surface area is 142 Å². The highest BCUT2D eigenvalue weighted by atomic mass is 16.3. The van der Waals surface area contributed by atoms with Crippen molar-refractivity contribution in [3.63, 3.8) is 0 Å². The topological polar surface area (TPSA) is 72.9 Å². The second-order valence-corrected chi connectivity index (χ2v) is 6.56. The van der Waals surface area contributed by atoms with E-state index < -0.39 is 0 Å². The zero-order valence-corrected chi connectivity index (χ0v) is 14.1. The minimum atomic E-state index is -0.103. The molecule has 1 atom stereocenters. The molecule has 0 spiro atoms. The van der Waals surface area contributed by atoms with E-state index in [0.29, 0.717) is 5.56 Å². The Kier molecular flexibility index (Phi) is 5.16. The molecule has 0 saturated carbocycles. The van der Waals surface area contributed by atoms with Crippen LogP contribution in [-0.4, -0.2) is 65.0 Å². The predicted molar refractivity (Wildman–Crippen MR) is 90.5 cm³/mol. The van der Waals surface area contributed by atoms with Gasteiger partial charge in [-0.1, -0.05) is 12.1 Å². The van der Waals surface area contributed by atoms with Crippen LogP contribution in [0.5, 0.6) is 0 Å². The molecular formula is C18H25N3O3. The van der Waals surface area contributed by atoms with Gasteiger partial charge in [-0.05, 0) is 37.5 Å². The Morgan fingerprint density at radius 3 is 2.62 bits per heavy atom. The standard InChI is InChI=1S/C18H25N3O3/c1-2-20-9-3-4-16(18(20)24)21-10-15(11-21)19-17(23)14-7-5-13(12-22)6-8-14/h5-8,15-16,22H,2-4,9-12H2,1H3,(H,19,23). The lowest BCUT2D eigenvalue weighted by atomic mass is 9.97. The molecule has 2 saturated heterocycles. The summed E-state index contributed by atoms with van der Waals surface area (Å²) >= 11 is 0. The molecular weight excluding hydrogens is 306 g/mol. The number of aliphatic hydroxyl groups is 1. The zero-order valence-electron chi connectivity index (χ0n) is 14.1. The van der Waals surface area contributed by atoms with Crippen LogP contribution in [0.15, 0.2) is 24.3 Å². The van der Waals surface area contributed by atoms with E-state index in [1.807, 2.05) is 11.8 Å². The summed E-state index contributed by atoms with van der Waals surface area (Å²) in [6.45, 7) is 5.09. The number of hydrogen-bond acceptors (Lipinski definition) is 4. The maximum Gasteiger partial charge on any atom is 0.251 e. The van der Waals surface area contributed by atoms with Crippen molar-refractivity contribution in [1.29, 1.82) is 0 Å². The molecule has 3 rings (SSSR count). The molecule has 0 aliphatic carbocycles. The Morgan fingerprint density at radius 2 is 2.00 bits per heavy atom. The molecule has 6 heteroatoms. The van der Waals surface area contributed by atoms with Gasteiger partial charge in [-0.15, -0.1) is 0 Å². The highest BCUT2D eigenvalue weighted by Gasteiger charge is 2.39. The van der Waals surface area contributed by atoms with Gasteiger partial charge < -0.3 is 15.3 Å². The van der Waals surface area contributed by atoms with Crippen LogP contribution in [0.1, 0.15) is 35.7 Å². The molecule has 2 heterocycles. The highest BCUT2D eigenvalue weighted by molar-refractivity contribution is 5.94. The highest BCUT2D eigenvalue weighted by Crippen LogP contribution is 2.22. The number of hydrogen-bond donors (Lipinski definition) is 2. The van der Waals surface area contributed by atoms with E-state index in [9.17, 15) is 9.59 Å². The van der Waals surface area contributed by atoms with Gasteiger partial charge in [0.15, 0.2) is 0 Å². The fourth-order valence-electron chi connectivity index (χ4n) is 3.46. The third kappa shape index (κ3) is 3.44. The molecule has 1 aromatic rings. The van der Waals surface area contributed by atoms with Crippen molar-refractivity contribution < 1.29 is 14.7 Å². The van der Waals surface area contributed by atoms with Gasteiger partial charge in [0.1, 0.15) is 0 Å². The van der Waals surface area contributed by atoms with Crippen LogP contribution in [0.4, 0.5) is 0 Å². The summed E-state index contributed by atoms with van der Waals surface area (Å²) in [6, 6.07) is 7.03. The van der Waals surface area contributed by atoms with Crippen molar-refractivity contribution in [2.24, 2.45) is 0 Å². The largest absolute Gasteiger partial charge is 0.392 e. The lowest BCUT2D eigenvalue weighted by Crippen LogP contribution is -2.65. The van der Waals surface area contributed by atoms with Crippen LogP contribution >= 0.6 is 0 Å². The van der Waals surface area contributed by atoms with Crippen molar-refractivity contribution in [3.05, 3.63) is 35.4 Å². The molecule has 6 nitrogen and oxygen atoms in total. The van der Waals surface area contributed by atoms with Gasteiger partial charge in [-0.25, -0.2) is 0 Å². The van der Waals surface area contributed by atoms with Crippen LogP contribution < -0.4 is 5.32 Å². The normalized spacial score (nSPS) is 22.3. The van der Waals surface area contributed by atoms with Gasteiger partial charge >= 0.3 is 0 Å². The molecule has 0 radical (unpaired) electrons. The number of rotatable bonds is 5. The summed E-state index contributed by atoms with van der Waals surface area (Å²) in [4.78, 5) is 28.7. The first kappa shape index (κ1) is 16.9. The van der Waals surface area contributed by atoms with Crippen LogP contribution in [0, 0.1) is 0 Å². The lowest BCUT2D eigenvalue weighted by Gasteiger charge is -2.46. The number of aliphatic hydroxyl groups excluding tert-OH is 1. The van der Waals surface area contributed by atoms with Gasteiger partial charge in [0.05, 0.1) is 18.7 Å². The van der Waals surface area contributed by atoms with Gasteiger partial charge in [0, 0.05) is 31.7 Å². The smallest absolute Gasteiger partial charge is 0.251 e. The number of nitrogens with zero attached hydrogens (tertiary/aromatic N) is 2. The Morgan fingerprint density at radius 1 is 1.29 bits per heavy atom. The second kappa shape index (κ2) is 7.32. The summed E-state index contributed by atoms with van der Waals surface area (Å²) in [5.74, 6) is 0.127. The Bertz CT molecular complexity index is 596. The third-order valence-electron chi connectivity index (χ3n) is 4.97. The number of benzene rings is 1. The molecule has 2 N–H and O–H groups in total. The van der Waals surface area contributed by atoms with E-state index in [2.05, 4.69) is 10.2 Å². The van der Waals surface area contributed by atoms with E-state index in [1.54, 1.807) is 24.3 Å². The predicted octanol–water partition coefficient (Wildman–Crippen LogP) is 0.604. The number of piperidine rings is 1. The number of carbonyl (C=O) groups is 2. The summed E-state index contributed by atoms with van der Waals surface area (Å²) in [7, 11) is 0. The van der Waals surface area contributed by atoms with Crippen molar-refractivity contribution in [3.8, 4) is 0 Å². The minimum Gasteiger partial charge on any atom is -0.392 e. The zero-order chi connectivity index (χ0) is 17.1. The molecule has 24 heavy (non-hydrogen) atoms. The molecule has 0 bridgehead atoms. The molecule has 1 aromatic carbocycles. The maximum absolute atomic E-state index is 12.4. The fourth-order valence-corrected chi connectivity index (χ4v) is 3.46. The average Bonchev–Trinajstić information content (AvgIpc) is 2.58. The first-order chi connectivity index (χ1) is 11.6. The van der Waals surface area contributed by atoms with Gasteiger partial charge in [-0.3, -0.25) is 14.5 Å². The van der Waals surface area contributed by atoms with E-state index in [-0.39, 0.29) is 30.5 Å². The molecule has 2 amide bonds.